The van der Waals surface area contributed by atoms with Crippen molar-refractivity contribution >= 4 is 17.4 Å². The number of hydrogen-bond donors (Lipinski definition) is 1. The summed E-state index contributed by atoms with van der Waals surface area (Å²) in [5.41, 5.74) is 2.03. The number of nitrogens with zero attached hydrogens (tertiary/aromatic N) is 3. The highest BCUT2D eigenvalue weighted by Gasteiger charge is 2.19. The molecule has 106 valence electrons. The molecule has 3 rings (SSSR count). The summed E-state index contributed by atoms with van der Waals surface area (Å²) in [4.78, 5) is 30.7. The Labute approximate surface area is 120 Å². The van der Waals surface area contributed by atoms with Gasteiger partial charge in [0, 0.05) is 29.0 Å². The molecule has 0 radical (unpaired) electrons. The summed E-state index contributed by atoms with van der Waals surface area (Å²) in [6, 6.07) is 5.61. The smallest absolute Gasteiger partial charge is 0.270 e. The van der Waals surface area contributed by atoms with E-state index in [0.29, 0.717) is 5.82 Å². The average molecular weight is 284 g/mol. The Morgan fingerprint density at radius 2 is 2.14 bits per heavy atom. The van der Waals surface area contributed by atoms with E-state index in [1.807, 2.05) is 0 Å². The van der Waals surface area contributed by atoms with E-state index in [-0.39, 0.29) is 11.3 Å². The first-order valence-electron chi connectivity index (χ1n) is 6.53. The van der Waals surface area contributed by atoms with Crippen LogP contribution in [0.15, 0.2) is 30.6 Å². The Kier molecular flexibility index (Phi) is 3.31. The van der Waals surface area contributed by atoms with Crippen molar-refractivity contribution in [3.8, 4) is 0 Å². The number of carbonyl (C=O) groups is 1. The quantitative estimate of drug-likeness (QED) is 0.687. The number of anilines is 1. The monoisotopic (exact) mass is 284 g/mol. The summed E-state index contributed by atoms with van der Waals surface area (Å²) in [5.74, 6) is 0.0838. The minimum Gasteiger partial charge on any atom is -0.306 e. The van der Waals surface area contributed by atoms with Gasteiger partial charge in [-0.05, 0) is 25.3 Å². The van der Waals surface area contributed by atoms with Crippen LogP contribution in [-0.4, -0.2) is 20.8 Å². The van der Waals surface area contributed by atoms with Crippen LogP contribution in [0.1, 0.15) is 28.0 Å². The van der Waals surface area contributed by atoms with Crippen LogP contribution in [0.5, 0.6) is 0 Å². The fraction of sp³-hybridized carbons (Fsp3) is 0.214. The number of benzene rings is 1. The van der Waals surface area contributed by atoms with Crippen LogP contribution in [0.25, 0.3) is 0 Å². The highest BCUT2D eigenvalue weighted by Crippen LogP contribution is 2.25. The van der Waals surface area contributed by atoms with Crippen molar-refractivity contribution in [1.82, 2.24) is 9.97 Å². The molecule has 0 fully saturated rings. The maximum Gasteiger partial charge on any atom is 0.270 e. The zero-order chi connectivity index (χ0) is 14.8. The van der Waals surface area contributed by atoms with Crippen LogP contribution < -0.4 is 5.32 Å². The minimum absolute atomic E-state index is 0.115. The molecule has 1 aromatic carbocycles. The second kappa shape index (κ2) is 5.28. The Bertz CT molecular complexity index is 730. The molecular weight excluding hydrogens is 272 g/mol. The number of aryl methyl sites for hydroxylation is 1. The van der Waals surface area contributed by atoms with Gasteiger partial charge in [-0.2, -0.15) is 0 Å². The summed E-state index contributed by atoms with van der Waals surface area (Å²) in [7, 11) is 0. The van der Waals surface area contributed by atoms with Gasteiger partial charge in [0.15, 0.2) is 0 Å². The lowest BCUT2D eigenvalue weighted by Crippen LogP contribution is -2.15. The summed E-state index contributed by atoms with van der Waals surface area (Å²) < 4.78 is 0. The van der Waals surface area contributed by atoms with Crippen molar-refractivity contribution in [2.24, 2.45) is 0 Å². The molecule has 2 aromatic rings. The van der Waals surface area contributed by atoms with Gasteiger partial charge in [0.1, 0.15) is 12.1 Å². The molecule has 0 atom stereocenters. The number of nitro benzene ring substituents is 1. The molecule has 7 nitrogen and oxygen atoms in total. The number of fused-ring (bicyclic) bond motifs is 1. The number of amides is 1. The van der Waals surface area contributed by atoms with Crippen LogP contribution in [0.4, 0.5) is 11.5 Å². The van der Waals surface area contributed by atoms with Gasteiger partial charge in [0.2, 0.25) is 0 Å². The molecule has 1 aromatic heterocycles. The van der Waals surface area contributed by atoms with Gasteiger partial charge in [-0.3, -0.25) is 14.9 Å². The molecule has 1 heterocycles. The molecule has 0 bridgehead atoms. The molecule has 21 heavy (non-hydrogen) atoms. The lowest BCUT2D eigenvalue weighted by molar-refractivity contribution is -0.384. The van der Waals surface area contributed by atoms with E-state index in [0.717, 1.165) is 30.5 Å². The Morgan fingerprint density at radius 3 is 2.95 bits per heavy atom. The summed E-state index contributed by atoms with van der Waals surface area (Å²) in [5, 5.41) is 13.5. The van der Waals surface area contributed by atoms with E-state index >= 15 is 0 Å². The van der Waals surface area contributed by atoms with Crippen molar-refractivity contribution in [3.63, 3.8) is 0 Å². The number of carbonyl (C=O) groups excluding carboxylic acids is 1. The number of nitrogens with one attached hydrogen (secondary N) is 1. The first-order chi connectivity index (χ1) is 10.1. The van der Waals surface area contributed by atoms with Crippen LogP contribution in [-0.2, 0) is 12.8 Å². The van der Waals surface area contributed by atoms with E-state index in [9.17, 15) is 14.9 Å². The number of rotatable bonds is 3. The maximum absolute atomic E-state index is 12.2. The number of nitro groups is 1. The second-order valence-corrected chi connectivity index (χ2v) is 4.76. The van der Waals surface area contributed by atoms with E-state index in [1.165, 1.54) is 30.6 Å². The molecular formula is C14H12N4O3. The van der Waals surface area contributed by atoms with E-state index in [2.05, 4.69) is 15.3 Å². The predicted octanol–water partition coefficient (Wildman–Crippen LogP) is 2.13. The highest BCUT2D eigenvalue weighted by molar-refractivity contribution is 6.04. The van der Waals surface area contributed by atoms with Crippen molar-refractivity contribution in [2.75, 3.05) is 5.32 Å². The number of aromatic nitrogens is 2. The van der Waals surface area contributed by atoms with Crippen LogP contribution in [0.2, 0.25) is 0 Å². The summed E-state index contributed by atoms with van der Waals surface area (Å²) >= 11 is 0. The Balaban J connectivity index is 1.86. The van der Waals surface area contributed by atoms with Crippen molar-refractivity contribution in [2.45, 2.75) is 19.3 Å². The van der Waals surface area contributed by atoms with Gasteiger partial charge in [0.05, 0.1) is 4.92 Å². The van der Waals surface area contributed by atoms with Crippen molar-refractivity contribution in [3.05, 3.63) is 57.5 Å². The van der Waals surface area contributed by atoms with Crippen molar-refractivity contribution in [1.29, 1.82) is 0 Å². The topological polar surface area (TPSA) is 98.0 Å². The predicted molar refractivity (Wildman–Crippen MR) is 75.1 cm³/mol. The van der Waals surface area contributed by atoms with Gasteiger partial charge in [-0.25, -0.2) is 9.97 Å². The maximum atomic E-state index is 12.2. The Morgan fingerprint density at radius 1 is 1.29 bits per heavy atom. The van der Waals surface area contributed by atoms with Gasteiger partial charge in [-0.15, -0.1) is 0 Å². The van der Waals surface area contributed by atoms with E-state index in [4.69, 9.17) is 0 Å². The minimum atomic E-state index is -0.529. The molecule has 1 aliphatic carbocycles. The third-order valence-electron chi connectivity index (χ3n) is 3.43. The molecule has 1 N–H and O–H groups in total. The molecule has 0 spiro atoms. The van der Waals surface area contributed by atoms with Crippen LogP contribution >= 0.6 is 0 Å². The number of non-ortho nitro benzene ring substituents is 1. The van der Waals surface area contributed by atoms with E-state index < -0.39 is 10.8 Å². The molecule has 1 amide bonds. The highest BCUT2D eigenvalue weighted by atomic mass is 16.6. The van der Waals surface area contributed by atoms with Gasteiger partial charge < -0.3 is 5.32 Å². The van der Waals surface area contributed by atoms with Crippen LogP contribution in [0.3, 0.4) is 0 Å². The zero-order valence-electron chi connectivity index (χ0n) is 11.1. The molecule has 0 aliphatic heterocycles. The third kappa shape index (κ3) is 2.58. The van der Waals surface area contributed by atoms with E-state index in [1.54, 1.807) is 0 Å². The molecule has 0 unspecified atom stereocenters. The summed E-state index contributed by atoms with van der Waals surface area (Å²) in [6.07, 6.45) is 4.14. The lowest BCUT2D eigenvalue weighted by Gasteiger charge is -2.08. The average Bonchev–Trinajstić information content (AvgIpc) is 2.97. The standard InChI is InChI=1S/C14H12N4O3/c19-14(9-3-1-4-10(7-9)18(20)21)17-13-11-5-2-6-12(11)15-8-16-13/h1,3-4,7-8H,2,5-6H2,(H,15,16,17,19). The van der Waals surface area contributed by atoms with Crippen LogP contribution in [0, 0.1) is 10.1 Å². The van der Waals surface area contributed by atoms with Gasteiger partial charge in [-0.1, -0.05) is 6.07 Å². The molecule has 0 saturated heterocycles. The molecule has 1 aliphatic rings. The normalized spacial score (nSPS) is 12.8. The third-order valence-corrected chi connectivity index (χ3v) is 3.43. The lowest BCUT2D eigenvalue weighted by atomic mass is 10.2. The second-order valence-electron chi connectivity index (χ2n) is 4.76. The SMILES string of the molecule is O=C(Nc1ncnc2c1CCC2)c1cccc([N+](=O)[O-])c1. The first kappa shape index (κ1) is 13.2. The van der Waals surface area contributed by atoms with Gasteiger partial charge in [0.25, 0.3) is 11.6 Å². The fourth-order valence-corrected chi connectivity index (χ4v) is 2.41. The first-order valence-corrected chi connectivity index (χ1v) is 6.53. The zero-order valence-corrected chi connectivity index (χ0v) is 11.1. The molecule has 0 saturated carbocycles. The Hall–Kier alpha value is -2.83. The van der Waals surface area contributed by atoms with Gasteiger partial charge >= 0.3 is 0 Å². The fourth-order valence-electron chi connectivity index (χ4n) is 2.41. The van der Waals surface area contributed by atoms with Crippen molar-refractivity contribution < 1.29 is 9.72 Å². The number of hydrogen-bond acceptors (Lipinski definition) is 5. The largest absolute Gasteiger partial charge is 0.306 e. The molecule has 7 heteroatoms. The summed E-state index contributed by atoms with van der Waals surface area (Å²) in [6.45, 7) is 0.